The van der Waals surface area contributed by atoms with E-state index in [-0.39, 0.29) is 12.8 Å². The van der Waals surface area contributed by atoms with Crippen molar-refractivity contribution in [2.75, 3.05) is 20.8 Å². The van der Waals surface area contributed by atoms with E-state index in [2.05, 4.69) is 26.0 Å². The van der Waals surface area contributed by atoms with E-state index in [1.165, 1.54) is 14.2 Å². The predicted octanol–water partition coefficient (Wildman–Crippen LogP) is 4.66. The molecule has 0 radical (unpaired) electrons. The number of ether oxygens (including phenoxy) is 4. The summed E-state index contributed by atoms with van der Waals surface area (Å²) >= 11 is 0. The van der Waals surface area contributed by atoms with E-state index in [1.54, 1.807) is 24.3 Å². The van der Waals surface area contributed by atoms with Gasteiger partial charge in [0.15, 0.2) is 23.0 Å². The van der Waals surface area contributed by atoms with Gasteiger partial charge < -0.3 is 18.9 Å². The van der Waals surface area contributed by atoms with E-state index in [0.29, 0.717) is 46.8 Å². The number of rotatable bonds is 9. The lowest BCUT2D eigenvalue weighted by Gasteiger charge is -2.17. The van der Waals surface area contributed by atoms with Crippen molar-refractivity contribution in [3.8, 4) is 40.9 Å². The highest BCUT2D eigenvalue weighted by molar-refractivity contribution is 5.54. The lowest BCUT2D eigenvalue weighted by Crippen LogP contribution is -2.06. The second-order valence-electron chi connectivity index (χ2n) is 6.57. The molecule has 0 N–H and O–H groups in total. The van der Waals surface area contributed by atoms with Gasteiger partial charge in [-0.05, 0) is 29.7 Å². The minimum absolute atomic E-state index is 0.149. The summed E-state index contributed by atoms with van der Waals surface area (Å²) in [5.74, 6) is 2.91. The third-order valence-corrected chi connectivity index (χ3v) is 3.92. The van der Waals surface area contributed by atoms with Crippen LogP contribution in [0.3, 0.4) is 0 Å². The van der Waals surface area contributed by atoms with Crippen LogP contribution in [0.15, 0.2) is 30.3 Å². The molecule has 0 saturated heterocycles. The molecule has 2 aromatic carbocycles. The van der Waals surface area contributed by atoms with Gasteiger partial charge in [0.1, 0.15) is 5.75 Å². The third kappa shape index (κ3) is 5.31. The van der Waals surface area contributed by atoms with Crippen LogP contribution < -0.4 is 18.9 Å². The van der Waals surface area contributed by atoms with Gasteiger partial charge in [0.25, 0.3) is 0 Å². The Morgan fingerprint density at radius 3 is 2.11 bits per heavy atom. The van der Waals surface area contributed by atoms with Gasteiger partial charge in [0.2, 0.25) is 0 Å². The Morgan fingerprint density at radius 1 is 0.821 bits per heavy atom. The Bertz CT molecular complexity index is 895. The molecule has 2 aromatic rings. The number of hydrogen-bond donors (Lipinski definition) is 0. The van der Waals surface area contributed by atoms with Crippen LogP contribution in [0.2, 0.25) is 0 Å². The van der Waals surface area contributed by atoms with Crippen molar-refractivity contribution in [2.45, 2.75) is 26.7 Å². The molecule has 0 aliphatic carbocycles. The monoisotopic (exact) mass is 380 g/mol. The fourth-order valence-corrected chi connectivity index (χ4v) is 2.55. The molecule has 0 atom stereocenters. The standard InChI is InChI=1S/C22H24N2O4/c1-15(2)14-27-18-6-5-16(7-9-23)11-22(18)28-19-13-21(26-4)20(25-3)12-17(19)8-10-24/h5-6,11-13,15H,7-8,14H2,1-4H3. The lowest BCUT2D eigenvalue weighted by atomic mass is 10.1. The molecule has 0 heterocycles. The first-order valence-corrected chi connectivity index (χ1v) is 8.94. The molecule has 0 bridgehead atoms. The summed E-state index contributed by atoms with van der Waals surface area (Å²) in [6.45, 7) is 4.65. The van der Waals surface area contributed by atoms with Crippen molar-refractivity contribution in [3.63, 3.8) is 0 Å². The maximum Gasteiger partial charge on any atom is 0.169 e. The molecular formula is C22H24N2O4. The van der Waals surface area contributed by atoms with E-state index in [0.717, 1.165) is 5.56 Å². The van der Waals surface area contributed by atoms with Gasteiger partial charge in [-0.1, -0.05) is 19.9 Å². The second kappa shape index (κ2) is 10.1. The summed E-state index contributed by atoms with van der Waals surface area (Å²) in [4.78, 5) is 0. The molecule has 0 saturated carbocycles. The highest BCUT2D eigenvalue weighted by atomic mass is 16.5. The van der Waals surface area contributed by atoms with Crippen molar-refractivity contribution < 1.29 is 18.9 Å². The van der Waals surface area contributed by atoms with Gasteiger partial charge in [-0.2, -0.15) is 10.5 Å². The van der Waals surface area contributed by atoms with Crippen LogP contribution in [0.1, 0.15) is 25.0 Å². The largest absolute Gasteiger partial charge is 0.493 e. The van der Waals surface area contributed by atoms with E-state index in [9.17, 15) is 5.26 Å². The summed E-state index contributed by atoms with van der Waals surface area (Å²) in [6.07, 6.45) is 0.410. The minimum atomic E-state index is 0.149. The number of hydrogen-bond acceptors (Lipinski definition) is 6. The van der Waals surface area contributed by atoms with Crippen molar-refractivity contribution in [1.29, 1.82) is 10.5 Å². The summed E-state index contributed by atoms with van der Waals surface area (Å²) in [5, 5.41) is 18.2. The highest BCUT2D eigenvalue weighted by Crippen LogP contribution is 2.40. The fraction of sp³-hybridized carbons (Fsp3) is 0.364. The van der Waals surface area contributed by atoms with Gasteiger partial charge >= 0.3 is 0 Å². The molecule has 146 valence electrons. The Kier molecular flexibility index (Phi) is 7.54. The van der Waals surface area contributed by atoms with Crippen LogP contribution >= 0.6 is 0 Å². The Labute approximate surface area is 165 Å². The zero-order valence-electron chi connectivity index (χ0n) is 16.6. The topological polar surface area (TPSA) is 84.5 Å². The van der Waals surface area contributed by atoms with Crippen LogP contribution in [-0.4, -0.2) is 20.8 Å². The average Bonchev–Trinajstić information content (AvgIpc) is 2.68. The van der Waals surface area contributed by atoms with Gasteiger partial charge in [-0.15, -0.1) is 0 Å². The van der Waals surface area contributed by atoms with Gasteiger partial charge in [0.05, 0.1) is 45.8 Å². The molecule has 0 aliphatic rings. The molecular weight excluding hydrogens is 356 g/mol. The van der Waals surface area contributed by atoms with Crippen molar-refractivity contribution in [3.05, 3.63) is 41.5 Å². The van der Waals surface area contributed by atoms with Crippen LogP contribution in [-0.2, 0) is 12.8 Å². The predicted molar refractivity (Wildman–Crippen MR) is 105 cm³/mol. The second-order valence-corrected chi connectivity index (χ2v) is 6.57. The number of benzene rings is 2. The van der Waals surface area contributed by atoms with Crippen molar-refractivity contribution >= 4 is 0 Å². The Balaban J connectivity index is 2.48. The van der Waals surface area contributed by atoms with Crippen molar-refractivity contribution in [2.24, 2.45) is 5.92 Å². The van der Waals surface area contributed by atoms with Gasteiger partial charge in [-0.25, -0.2) is 0 Å². The number of nitriles is 2. The third-order valence-electron chi connectivity index (χ3n) is 3.92. The quantitative estimate of drug-likeness (QED) is 0.629. The van der Waals surface area contributed by atoms with E-state index < -0.39 is 0 Å². The summed E-state index contributed by atoms with van der Waals surface area (Å²) in [6, 6.07) is 13.1. The molecule has 0 aliphatic heterocycles. The first-order chi connectivity index (χ1) is 13.5. The fourth-order valence-electron chi connectivity index (χ4n) is 2.55. The molecule has 0 spiro atoms. The SMILES string of the molecule is COc1cc(CC#N)c(Oc2cc(CC#N)ccc2OCC(C)C)cc1OC. The van der Waals surface area contributed by atoms with Crippen molar-refractivity contribution in [1.82, 2.24) is 0 Å². The summed E-state index contributed by atoms with van der Waals surface area (Å²) in [5.41, 5.74) is 1.48. The smallest absolute Gasteiger partial charge is 0.169 e. The molecule has 6 nitrogen and oxygen atoms in total. The van der Waals surface area contributed by atoms with Crippen LogP contribution in [0.25, 0.3) is 0 Å². The number of nitrogens with zero attached hydrogens (tertiary/aromatic N) is 2. The summed E-state index contributed by atoms with van der Waals surface area (Å²) in [7, 11) is 3.08. The molecule has 6 heteroatoms. The van der Waals surface area contributed by atoms with Crippen LogP contribution in [0.4, 0.5) is 0 Å². The average molecular weight is 380 g/mol. The number of methoxy groups -OCH3 is 2. The first kappa shape index (κ1) is 20.9. The van der Waals surface area contributed by atoms with Crippen LogP contribution in [0.5, 0.6) is 28.7 Å². The molecule has 0 fully saturated rings. The van der Waals surface area contributed by atoms with Crippen LogP contribution in [0, 0.1) is 28.6 Å². The molecule has 0 amide bonds. The zero-order valence-corrected chi connectivity index (χ0v) is 16.6. The van der Waals surface area contributed by atoms with E-state index in [4.69, 9.17) is 24.2 Å². The first-order valence-electron chi connectivity index (χ1n) is 8.94. The van der Waals surface area contributed by atoms with Gasteiger partial charge in [0, 0.05) is 11.6 Å². The normalized spacial score (nSPS) is 10.1. The Hall–Kier alpha value is -3.38. The lowest BCUT2D eigenvalue weighted by molar-refractivity contribution is 0.260. The maximum absolute atomic E-state index is 9.18. The highest BCUT2D eigenvalue weighted by Gasteiger charge is 2.16. The molecule has 2 rings (SSSR count). The molecule has 0 unspecified atom stereocenters. The molecule has 28 heavy (non-hydrogen) atoms. The van der Waals surface area contributed by atoms with E-state index >= 15 is 0 Å². The molecule has 0 aromatic heterocycles. The van der Waals surface area contributed by atoms with Gasteiger partial charge in [-0.3, -0.25) is 0 Å². The maximum atomic E-state index is 9.18. The van der Waals surface area contributed by atoms with E-state index in [1.807, 2.05) is 6.07 Å². The minimum Gasteiger partial charge on any atom is -0.493 e. The Morgan fingerprint density at radius 2 is 1.50 bits per heavy atom. The zero-order chi connectivity index (χ0) is 20.5. The summed E-state index contributed by atoms with van der Waals surface area (Å²) < 4.78 is 22.7.